The van der Waals surface area contributed by atoms with Crippen LogP contribution in [0.25, 0.3) is 11.4 Å². The molecule has 8 heteroatoms. The molecule has 1 amide bonds. The Bertz CT molecular complexity index is 692. The average molecular weight is 336 g/mol. The molecule has 6 nitrogen and oxygen atoms in total. The second-order valence-electron chi connectivity index (χ2n) is 5.93. The van der Waals surface area contributed by atoms with E-state index in [0.717, 1.165) is 12.5 Å². The zero-order valence-corrected chi connectivity index (χ0v) is 13.3. The number of amides is 1. The maximum atomic E-state index is 13.0. The number of nitrogens with zero attached hydrogens (tertiary/aromatic N) is 4. The van der Waals surface area contributed by atoms with Crippen molar-refractivity contribution in [3.63, 3.8) is 0 Å². The monoisotopic (exact) mass is 336 g/mol. The van der Waals surface area contributed by atoms with E-state index in [4.69, 9.17) is 4.52 Å². The molecule has 1 aliphatic rings. The van der Waals surface area contributed by atoms with Crippen molar-refractivity contribution in [2.24, 2.45) is 0 Å². The van der Waals surface area contributed by atoms with Gasteiger partial charge in [0.05, 0.1) is 6.54 Å². The topological polar surface area (TPSA) is 62.5 Å². The van der Waals surface area contributed by atoms with Crippen molar-refractivity contribution in [3.8, 4) is 11.4 Å². The van der Waals surface area contributed by atoms with Gasteiger partial charge in [-0.05, 0) is 0 Å². The molecule has 0 saturated carbocycles. The molecule has 1 aromatic heterocycles. The van der Waals surface area contributed by atoms with Crippen molar-refractivity contribution in [1.29, 1.82) is 0 Å². The fourth-order valence-electron chi connectivity index (χ4n) is 2.65. The number of halogens is 2. The molecule has 128 valence electrons. The number of rotatable bonds is 4. The predicted molar refractivity (Wildman–Crippen MR) is 82.7 cm³/mol. The van der Waals surface area contributed by atoms with Crippen molar-refractivity contribution >= 4 is 5.91 Å². The fourth-order valence-corrected chi connectivity index (χ4v) is 2.65. The SMILES string of the molecule is CC(F)(F)CN1CCN(C(=O)c2nc(-c3ccccc3)no2)CC1. The van der Waals surface area contributed by atoms with Crippen LogP contribution in [0.4, 0.5) is 8.78 Å². The first-order chi connectivity index (χ1) is 11.4. The molecule has 2 heterocycles. The second kappa shape index (κ2) is 6.64. The maximum Gasteiger partial charge on any atom is 0.316 e. The van der Waals surface area contributed by atoms with Gasteiger partial charge in [-0.15, -0.1) is 0 Å². The largest absolute Gasteiger partial charge is 0.332 e. The minimum absolute atomic E-state index is 0.0804. The molecule has 0 bridgehead atoms. The van der Waals surface area contributed by atoms with E-state index in [1.807, 2.05) is 30.3 Å². The molecule has 0 unspecified atom stereocenters. The van der Waals surface area contributed by atoms with E-state index in [9.17, 15) is 13.6 Å². The summed E-state index contributed by atoms with van der Waals surface area (Å²) in [6, 6.07) is 9.20. The van der Waals surface area contributed by atoms with Gasteiger partial charge in [0.25, 0.3) is 5.92 Å². The van der Waals surface area contributed by atoms with Gasteiger partial charge < -0.3 is 9.42 Å². The van der Waals surface area contributed by atoms with Crippen molar-refractivity contribution in [2.45, 2.75) is 12.8 Å². The van der Waals surface area contributed by atoms with Gasteiger partial charge in [-0.2, -0.15) is 4.98 Å². The van der Waals surface area contributed by atoms with Crippen molar-refractivity contribution in [2.75, 3.05) is 32.7 Å². The number of benzene rings is 1. The molecule has 1 aromatic carbocycles. The Morgan fingerprint density at radius 1 is 1.21 bits per heavy atom. The lowest BCUT2D eigenvalue weighted by molar-refractivity contribution is -0.0243. The van der Waals surface area contributed by atoms with E-state index in [1.54, 1.807) is 9.80 Å². The van der Waals surface area contributed by atoms with E-state index in [2.05, 4.69) is 10.1 Å². The Morgan fingerprint density at radius 3 is 2.50 bits per heavy atom. The molecule has 1 saturated heterocycles. The summed E-state index contributed by atoms with van der Waals surface area (Å²) >= 11 is 0. The van der Waals surface area contributed by atoms with Crippen LogP contribution in [-0.2, 0) is 0 Å². The predicted octanol–water partition coefficient (Wildman–Crippen LogP) is 2.15. The summed E-state index contributed by atoms with van der Waals surface area (Å²) in [5, 5.41) is 3.82. The highest BCUT2D eigenvalue weighted by Crippen LogP contribution is 2.18. The fraction of sp³-hybridized carbons (Fsp3) is 0.438. The molecule has 0 spiro atoms. The Balaban J connectivity index is 1.61. The summed E-state index contributed by atoms with van der Waals surface area (Å²) in [6.45, 7) is 2.11. The smallest absolute Gasteiger partial charge is 0.316 e. The van der Waals surface area contributed by atoms with Crippen LogP contribution in [0, 0.1) is 0 Å². The third kappa shape index (κ3) is 3.94. The number of piperazine rings is 1. The zero-order valence-electron chi connectivity index (χ0n) is 13.3. The van der Waals surface area contributed by atoms with Gasteiger partial charge in [0, 0.05) is 38.7 Å². The highest BCUT2D eigenvalue weighted by Gasteiger charge is 2.30. The highest BCUT2D eigenvalue weighted by molar-refractivity contribution is 5.90. The standard InChI is InChI=1S/C16H18F2N4O2/c1-16(17,18)11-21-7-9-22(10-8-21)15(23)14-19-13(20-24-14)12-5-3-2-4-6-12/h2-6H,7-11H2,1H3. The molecule has 24 heavy (non-hydrogen) atoms. The van der Waals surface area contributed by atoms with Gasteiger partial charge in [-0.1, -0.05) is 35.5 Å². The molecule has 0 aliphatic carbocycles. The number of aromatic nitrogens is 2. The molecule has 0 atom stereocenters. The quantitative estimate of drug-likeness (QED) is 0.856. The number of carbonyl (C=O) groups is 1. The van der Waals surface area contributed by atoms with Crippen molar-refractivity contribution in [3.05, 3.63) is 36.2 Å². The summed E-state index contributed by atoms with van der Waals surface area (Å²) in [6.07, 6.45) is 0. The van der Waals surface area contributed by atoms with Gasteiger partial charge in [0.2, 0.25) is 5.82 Å². The minimum Gasteiger partial charge on any atom is -0.332 e. The van der Waals surface area contributed by atoms with Crippen LogP contribution in [0.15, 0.2) is 34.9 Å². The Kier molecular flexibility index (Phi) is 4.57. The zero-order chi connectivity index (χ0) is 17.2. The van der Waals surface area contributed by atoms with Crippen LogP contribution in [-0.4, -0.2) is 64.5 Å². The Labute approximate surface area is 138 Å². The van der Waals surface area contributed by atoms with Gasteiger partial charge in [0.1, 0.15) is 0 Å². The summed E-state index contributed by atoms with van der Waals surface area (Å²) in [5.74, 6) is -2.83. The van der Waals surface area contributed by atoms with Crippen LogP contribution in [0.1, 0.15) is 17.6 Å². The number of hydrogen-bond acceptors (Lipinski definition) is 5. The number of hydrogen-bond donors (Lipinski definition) is 0. The first-order valence-corrected chi connectivity index (χ1v) is 7.71. The Hall–Kier alpha value is -2.35. The van der Waals surface area contributed by atoms with E-state index in [-0.39, 0.29) is 18.3 Å². The van der Waals surface area contributed by atoms with E-state index in [0.29, 0.717) is 32.0 Å². The summed E-state index contributed by atoms with van der Waals surface area (Å²) in [7, 11) is 0. The van der Waals surface area contributed by atoms with Crippen molar-refractivity contribution in [1.82, 2.24) is 19.9 Å². The lowest BCUT2D eigenvalue weighted by atomic mass is 10.2. The summed E-state index contributed by atoms with van der Waals surface area (Å²) in [4.78, 5) is 19.7. The summed E-state index contributed by atoms with van der Waals surface area (Å²) < 4.78 is 31.1. The van der Waals surface area contributed by atoms with E-state index >= 15 is 0 Å². The molecular formula is C16H18F2N4O2. The highest BCUT2D eigenvalue weighted by atomic mass is 19.3. The molecule has 0 radical (unpaired) electrons. The summed E-state index contributed by atoms with van der Waals surface area (Å²) in [5.41, 5.74) is 0.760. The molecule has 1 fully saturated rings. The number of alkyl halides is 2. The van der Waals surface area contributed by atoms with Crippen molar-refractivity contribution < 1.29 is 18.1 Å². The molecule has 3 rings (SSSR count). The van der Waals surface area contributed by atoms with Gasteiger partial charge >= 0.3 is 11.8 Å². The molecule has 2 aromatic rings. The third-order valence-corrected chi connectivity index (χ3v) is 3.80. The average Bonchev–Trinajstić information content (AvgIpc) is 3.04. The van der Waals surface area contributed by atoms with Gasteiger partial charge in [0.15, 0.2) is 0 Å². The van der Waals surface area contributed by atoms with Crippen LogP contribution in [0.2, 0.25) is 0 Å². The van der Waals surface area contributed by atoms with Gasteiger partial charge in [-0.25, -0.2) is 8.78 Å². The van der Waals surface area contributed by atoms with Gasteiger partial charge in [-0.3, -0.25) is 9.69 Å². The molecular weight excluding hydrogens is 318 g/mol. The second-order valence-corrected chi connectivity index (χ2v) is 5.93. The van der Waals surface area contributed by atoms with Crippen LogP contribution >= 0.6 is 0 Å². The molecule has 1 aliphatic heterocycles. The van der Waals surface area contributed by atoms with Crippen LogP contribution < -0.4 is 0 Å². The maximum absolute atomic E-state index is 13.0. The van der Waals surface area contributed by atoms with E-state index in [1.165, 1.54) is 0 Å². The normalized spacial score (nSPS) is 16.4. The molecule has 0 N–H and O–H groups in total. The van der Waals surface area contributed by atoms with E-state index < -0.39 is 5.92 Å². The first kappa shape index (κ1) is 16.5. The third-order valence-electron chi connectivity index (χ3n) is 3.80. The van der Waals surface area contributed by atoms with Crippen LogP contribution in [0.3, 0.4) is 0 Å². The van der Waals surface area contributed by atoms with Crippen LogP contribution in [0.5, 0.6) is 0 Å². The minimum atomic E-state index is -2.73. The number of carbonyl (C=O) groups excluding carboxylic acids is 1. The lowest BCUT2D eigenvalue weighted by Gasteiger charge is -2.35. The Morgan fingerprint density at radius 2 is 1.88 bits per heavy atom. The first-order valence-electron chi connectivity index (χ1n) is 7.71. The lowest BCUT2D eigenvalue weighted by Crippen LogP contribution is -2.51.